The minimum absolute atomic E-state index is 0.118. The van der Waals surface area contributed by atoms with Crippen molar-refractivity contribution in [3.05, 3.63) is 28.8 Å². The molecule has 0 bridgehead atoms. The summed E-state index contributed by atoms with van der Waals surface area (Å²) in [5.74, 6) is 0.702. The van der Waals surface area contributed by atoms with Gasteiger partial charge in [0.2, 0.25) is 0 Å². The summed E-state index contributed by atoms with van der Waals surface area (Å²) < 4.78 is 0. The SMILES string of the molecule is Nc1ccc(Cl)cc1C(=O)CC1CC1. The average Bonchev–Trinajstić information content (AvgIpc) is 2.93. The highest BCUT2D eigenvalue weighted by molar-refractivity contribution is 6.31. The molecule has 0 saturated heterocycles. The molecule has 2 rings (SSSR count). The molecular weight excluding hydrogens is 198 g/mol. The number of halogens is 1. The zero-order chi connectivity index (χ0) is 10.1. The van der Waals surface area contributed by atoms with Crippen LogP contribution >= 0.6 is 11.6 Å². The van der Waals surface area contributed by atoms with Crippen molar-refractivity contribution in [1.29, 1.82) is 0 Å². The second kappa shape index (κ2) is 3.62. The molecule has 1 fully saturated rings. The van der Waals surface area contributed by atoms with Crippen molar-refractivity contribution >= 4 is 23.1 Å². The summed E-state index contributed by atoms with van der Waals surface area (Å²) in [4.78, 5) is 11.7. The van der Waals surface area contributed by atoms with Crippen LogP contribution in [0.25, 0.3) is 0 Å². The first-order chi connectivity index (χ1) is 6.66. The van der Waals surface area contributed by atoms with Crippen molar-refractivity contribution in [3.8, 4) is 0 Å². The van der Waals surface area contributed by atoms with E-state index >= 15 is 0 Å². The summed E-state index contributed by atoms with van der Waals surface area (Å²) in [6.45, 7) is 0. The average molecular weight is 210 g/mol. The fourth-order valence-corrected chi connectivity index (χ4v) is 1.64. The van der Waals surface area contributed by atoms with E-state index < -0.39 is 0 Å². The first-order valence-electron chi connectivity index (χ1n) is 4.75. The molecule has 1 aliphatic carbocycles. The molecule has 0 spiro atoms. The van der Waals surface area contributed by atoms with Gasteiger partial charge in [-0.3, -0.25) is 4.79 Å². The van der Waals surface area contributed by atoms with E-state index in [-0.39, 0.29) is 5.78 Å². The van der Waals surface area contributed by atoms with Gasteiger partial charge < -0.3 is 5.73 Å². The lowest BCUT2D eigenvalue weighted by molar-refractivity contribution is 0.0977. The predicted molar refractivity (Wildman–Crippen MR) is 57.5 cm³/mol. The number of rotatable bonds is 3. The summed E-state index contributed by atoms with van der Waals surface area (Å²) in [5.41, 5.74) is 6.81. The molecule has 3 heteroatoms. The van der Waals surface area contributed by atoms with E-state index in [9.17, 15) is 4.79 Å². The Balaban J connectivity index is 2.20. The van der Waals surface area contributed by atoms with Gasteiger partial charge in [0.05, 0.1) is 0 Å². The Bertz CT molecular complexity index is 372. The van der Waals surface area contributed by atoms with Gasteiger partial charge in [-0.05, 0) is 37.0 Å². The van der Waals surface area contributed by atoms with E-state index in [0.29, 0.717) is 28.6 Å². The molecule has 0 amide bonds. The van der Waals surface area contributed by atoms with Crippen molar-refractivity contribution in [2.24, 2.45) is 5.92 Å². The second-order valence-electron chi connectivity index (χ2n) is 3.80. The smallest absolute Gasteiger partial charge is 0.165 e. The summed E-state index contributed by atoms with van der Waals surface area (Å²) in [6, 6.07) is 5.04. The van der Waals surface area contributed by atoms with Crippen LogP contribution in [0.2, 0.25) is 5.02 Å². The van der Waals surface area contributed by atoms with Crippen LogP contribution in [0, 0.1) is 5.92 Å². The first-order valence-corrected chi connectivity index (χ1v) is 5.13. The highest BCUT2D eigenvalue weighted by Crippen LogP contribution is 2.34. The van der Waals surface area contributed by atoms with Gasteiger partial charge in [-0.2, -0.15) is 0 Å². The summed E-state index contributed by atoms with van der Waals surface area (Å²) in [5, 5.41) is 0.568. The van der Waals surface area contributed by atoms with Crippen LogP contribution in [-0.4, -0.2) is 5.78 Å². The standard InChI is InChI=1S/C11H12ClNO/c12-8-3-4-10(13)9(6-8)11(14)5-7-1-2-7/h3-4,6-7H,1-2,5,13H2. The highest BCUT2D eigenvalue weighted by atomic mass is 35.5. The van der Waals surface area contributed by atoms with Gasteiger partial charge in [-0.15, -0.1) is 0 Å². The topological polar surface area (TPSA) is 43.1 Å². The van der Waals surface area contributed by atoms with Crippen LogP contribution in [0.3, 0.4) is 0 Å². The molecule has 2 nitrogen and oxygen atoms in total. The third kappa shape index (κ3) is 2.07. The van der Waals surface area contributed by atoms with Gasteiger partial charge >= 0.3 is 0 Å². The van der Waals surface area contributed by atoms with Crippen LogP contribution in [0.1, 0.15) is 29.6 Å². The van der Waals surface area contributed by atoms with Crippen molar-refractivity contribution in [1.82, 2.24) is 0 Å². The molecule has 0 aliphatic heterocycles. The van der Waals surface area contributed by atoms with Crippen molar-refractivity contribution in [2.75, 3.05) is 5.73 Å². The number of ketones is 1. The zero-order valence-corrected chi connectivity index (χ0v) is 8.55. The van der Waals surface area contributed by atoms with Crippen molar-refractivity contribution in [2.45, 2.75) is 19.3 Å². The Kier molecular flexibility index (Phi) is 2.46. The Morgan fingerprint density at radius 1 is 1.50 bits per heavy atom. The number of hydrogen-bond acceptors (Lipinski definition) is 2. The maximum absolute atomic E-state index is 11.7. The number of nitrogens with two attached hydrogens (primary N) is 1. The number of hydrogen-bond donors (Lipinski definition) is 1. The second-order valence-corrected chi connectivity index (χ2v) is 4.24. The summed E-state index contributed by atoms with van der Waals surface area (Å²) in [7, 11) is 0. The van der Waals surface area contributed by atoms with Crippen LogP contribution < -0.4 is 5.73 Å². The predicted octanol–water partition coefficient (Wildman–Crippen LogP) is 2.91. The molecule has 2 N–H and O–H groups in total. The molecular formula is C11H12ClNO. The third-order valence-electron chi connectivity index (χ3n) is 2.49. The van der Waals surface area contributed by atoms with Crippen molar-refractivity contribution < 1.29 is 4.79 Å². The van der Waals surface area contributed by atoms with Gasteiger partial charge in [0, 0.05) is 22.7 Å². The van der Waals surface area contributed by atoms with E-state index in [1.54, 1.807) is 18.2 Å². The fourth-order valence-electron chi connectivity index (χ4n) is 1.46. The molecule has 0 aromatic heterocycles. The molecule has 14 heavy (non-hydrogen) atoms. The Labute approximate surface area is 88.1 Å². The normalized spacial score (nSPS) is 15.5. The van der Waals surface area contributed by atoms with Crippen LogP contribution in [0.4, 0.5) is 5.69 Å². The summed E-state index contributed by atoms with van der Waals surface area (Å²) >= 11 is 5.81. The van der Waals surface area contributed by atoms with E-state index in [0.717, 1.165) is 0 Å². The van der Waals surface area contributed by atoms with Gasteiger partial charge in [-0.25, -0.2) is 0 Å². The number of anilines is 1. The van der Waals surface area contributed by atoms with Gasteiger partial charge in [-0.1, -0.05) is 11.6 Å². The van der Waals surface area contributed by atoms with E-state index in [2.05, 4.69) is 0 Å². The lowest BCUT2D eigenvalue weighted by atomic mass is 10.0. The van der Waals surface area contributed by atoms with E-state index in [1.807, 2.05) is 0 Å². The maximum Gasteiger partial charge on any atom is 0.165 e. The number of benzene rings is 1. The molecule has 1 aromatic rings. The Morgan fingerprint density at radius 2 is 2.21 bits per heavy atom. The molecule has 0 unspecified atom stereocenters. The van der Waals surface area contributed by atoms with E-state index in [4.69, 9.17) is 17.3 Å². The molecule has 1 aliphatic rings. The van der Waals surface area contributed by atoms with Crippen LogP contribution in [-0.2, 0) is 0 Å². The number of carbonyl (C=O) groups is 1. The lowest BCUT2D eigenvalue weighted by Gasteiger charge is -2.04. The zero-order valence-electron chi connectivity index (χ0n) is 7.79. The van der Waals surface area contributed by atoms with Gasteiger partial charge in [0.1, 0.15) is 0 Å². The minimum Gasteiger partial charge on any atom is -0.398 e. The van der Waals surface area contributed by atoms with Gasteiger partial charge in [0.25, 0.3) is 0 Å². The molecule has 74 valence electrons. The quantitative estimate of drug-likeness (QED) is 0.615. The Morgan fingerprint density at radius 3 is 2.86 bits per heavy atom. The summed E-state index contributed by atoms with van der Waals surface area (Å²) in [6.07, 6.45) is 2.96. The van der Waals surface area contributed by atoms with Gasteiger partial charge in [0.15, 0.2) is 5.78 Å². The Hall–Kier alpha value is -1.02. The number of Topliss-reactive ketones (excluding diaryl/α,β-unsaturated/α-hetero) is 1. The molecule has 1 saturated carbocycles. The largest absolute Gasteiger partial charge is 0.398 e. The van der Waals surface area contributed by atoms with Crippen molar-refractivity contribution in [3.63, 3.8) is 0 Å². The molecule has 0 heterocycles. The third-order valence-corrected chi connectivity index (χ3v) is 2.72. The molecule has 0 radical (unpaired) electrons. The van der Waals surface area contributed by atoms with Crippen LogP contribution in [0.15, 0.2) is 18.2 Å². The molecule has 0 atom stereocenters. The molecule has 1 aromatic carbocycles. The monoisotopic (exact) mass is 209 g/mol. The van der Waals surface area contributed by atoms with E-state index in [1.165, 1.54) is 12.8 Å². The lowest BCUT2D eigenvalue weighted by Crippen LogP contribution is -2.04. The number of nitrogen functional groups attached to an aromatic ring is 1. The minimum atomic E-state index is 0.118. The fraction of sp³-hybridized carbons (Fsp3) is 0.364. The maximum atomic E-state index is 11.7. The number of carbonyl (C=O) groups excluding carboxylic acids is 1. The first kappa shape index (κ1) is 9.53. The van der Waals surface area contributed by atoms with Crippen LogP contribution in [0.5, 0.6) is 0 Å². The highest BCUT2D eigenvalue weighted by Gasteiger charge is 2.25.